The minimum atomic E-state index is -4.40. The number of hydrogen-bond donors (Lipinski definition) is 2. The van der Waals surface area contributed by atoms with Crippen LogP contribution in [0.4, 0.5) is 13.2 Å². The van der Waals surface area contributed by atoms with Gasteiger partial charge in [-0.25, -0.2) is 4.79 Å². The summed E-state index contributed by atoms with van der Waals surface area (Å²) < 4.78 is 39.1. The van der Waals surface area contributed by atoms with Gasteiger partial charge in [0.05, 0.1) is 22.9 Å². The Labute approximate surface area is 140 Å². The fourth-order valence-electron chi connectivity index (χ4n) is 2.60. The molecule has 1 aromatic heterocycles. The number of alkyl halides is 3. The second-order valence-electron chi connectivity index (χ2n) is 5.94. The number of hydrogen-bond acceptors (Lipinski definition) is 3. The van der Waals surface area contributed by atoms with Gasteiger partial charge in [0, 0.05) is 6.20 Å². The van der Waals surface area contributed by atoms with Gasteiger partial charge in [0.25, 0.3) is 0 Å². The molecule has 2 N–H and O–H groups in total. The van der Waals surface area contributed by atoms with Crippen LogP contribution in [0.2, 0.25) is 0 Å². The zero-order valence-electron chi connectivity index (χ0n) is 12.9. The van der Waals surface area contributed by atoms with Gasteiger partial charge in [-0.1, -0.05) is 12.1 Å². The standard InChI is InChI=1S/C16H14F3N3O3/c17-16(18,19)12-3-1-11(2-4-12)15(5-6-15)21-13(23)9-22-8-10(7-20-22)14(24)25/h1-4,7-8H,5-6,9H2,(H,21,23)(H,24,25). The number of benzene rings is 1. The number of amides is 1. The van der Waals surface area contributed by atoms with E-state index in [1.54, 1.807) is 0 Å². The van der Waals surface area contributed by atoms with Crippen LogP contribution in [0.1, 0.15) is 34.3 Å². The zero-order valence-corrected chi connectivity index (χ0v) is 12.9. The third-order valence-electron chi connectivity index (χ3n) is 4.08. The summed E-state index contributed by atoms with van der Waals surface area (Å²) in [7, 11) is 0. The summed E-state index contributed by atoms with van der Waals surface area (Å²) in [5.41, 5.74) is -0.822. The highest BCUT2D eigenvalue weighted by atomic mass is 19.4. The molecule has 0 saturated heterocycles. The highest BCUT2D eigenvalue weighted by molar-refractivity contribution is 5.87. The molecule has 1 fully saturated rings. The molecule has 0 spiro atoms. The van der Waals surface area contributed by atoms with E-state index in [4.69, 9.17) is 5.11 Å². The molecule has 1 aromatic carbocycles. The van der Waals surface area contributed by atoms with Crippen molar-refractivity contribution < 1.29 is 27.9 Å². The van der Waals surface area contributed by atoms with Crippen molar-refractivity contribution >= 4 is 11.9 Å². The molecule has 1 amide bonds. The van der Waals surface area contributed by atoms with Crippen molar-refractivity contribution in [3.8, 4) is 0 Å². The van der Waals surface area contributed by atoms with E-state index in [1.807, 2.05) is 0 Å². The molecule has 1 saturated carbocycles. The van der Waals surface area contributed by atoms with Crippen LogP contribution >= 0.6 is 0 Å². The molecule has 6 nitrogen and oxygen atoms in total. The first-order valence-corrected chi connectivity index (χ1v) is 7.44. The van der Waals surface area contributed by atoms with Crippen LogP contribution in [0.15, 0.2) is 36.7 Å². The second-order valence-corrected chi connectivity index (χ2v) is 5.94. The summed E-state index contributed by atoms with van der Waals surface area (Å²) in [5.74, 6) is -1.53. The van der Waals surface area contributed by atoms with Crippen LogP contribution in [0.3, 0.4) is 0 Å². The Kier molecular flexibility index (Phi) is 4.02. The number of carboxylic acid groups (broad SMARTS) is 1. The Morgan fingerprint density at radius 1 is 1.24 bits per heavy atom. The molecule has 2 aromatic rings. The average Bonchev–Trinajstić information content (AvgIpc) is 3.15. The third-order valence-corrected chi connectivity index (χ3v) is 4.08. The van der Waals surface area contributed by atoms with Crippen LogP contribution in [-0.2, 0) is 23.1 Å². The van der Waals surface area contributed by atoms with Gasteiger partial charge in [-0.3, -0.25) is 9.48 Å². The van der Waals surface area contributed by atoms with Crippen molar-refractivity contribution in [3.05, 3.63) is 53.3 Å². The van der Waals surface area contributed by atoms with Crippen molar-refractivity contribution in [3.63, 3.8) is 0 Å². The number of rotatable bonds is 5. The highest BCUT2D eigenvalue weighted by Gasteiger charge is 2.46. The largest absolute Gasteiger partial charge is 0.478 e. The number of carbonyl (C=O) groups excluding carboxylic acids is 1. The Hall–Kier alpha value is -2.84. The Morgan fingerprint density at radius 2 is 1.88 bits per heavy atom. The van der Waals surface area contributed by atoms with Gasteiger partial charge in [-0.05, 0) is 30.5 Å². The molecule has 0 radical (unpaired) electrons. The smallest absolute Gasteiger partial charge is 0.416 e. The molecule has 9 heteroatoms. The lowest BCUT2D eigenvalue weighted by molar-refractivity contribution is -0.137. The van der Waals surface area contributed by atoms with E-state index in [9.17, 15) is 22.8 Å². The molecule has 1 aliphatic carbocycles. The van der Waals surface area contributed by atoms with Crippen LogP contribution < -0.4 is 5.32 Å². The number of carbonyl (C=O) groups is 2. The summed E-state index contributed by atoms with van der Waals surface area (Å²) in [5, 5.41) is 15.4. The first kappa shape index (κ1) is 17.0. The number of carboxylic acids is 1. The average molecular weight is 353 g/mol. The minimum absolute atomic E-state index is 0.0309. The van der Waals surface area contributed by atoms with Crippen molar-refractivity contribution in [2.24, 2.45) is 0 Å². The second kappa shape index (κ2) is 5.91. The quantitative estimate of drug-likeness (QED) is 0.865. The van der Waals surface area contributed by atoms with Crippen molar-refractivity contribution in [1.29, 1.82) is 0 Å². The van der Waals surface area contributed by atoms with E-state index >= 15 is 0 Å². The van der Waals surface area contributed by atoms with Crippen LogP contribution in [0.5, 0.6) is 0 Å². The molecule has 0 aliphatic heterocycles. The topological polar surface area (TPSA) is 84.2 Å². The molecule has 0 atom stereocenters. The zero-order chi connectivity index (χ0) is 18.2. The van der Waals surface area contributed by atoms with E-state index in [0.29, 0.717) is 18.4 Å². The van der Waals surface area contributed by atoms with E-state index in [1.165, 1.54) is 23.0 Å². The van der Waals surface area contributed by atoms with Crippen LogP contribution in [0.25, 0.3) is 0 Å². The van der Waals surface area contributed by atoms with E-state index in [-0.39, 0.29) is 12.1 Å². The van der Waals surface area contributed by atoms with Crippen LogP contribution in [0, 0.1) is 0 Å². The SMILES string of the molecule is O=C(Cn1cc(C(=O)O)cn1)NC1(c2ccc(C(F)(F)F)cc2)CC1. The van der Waals surface area contributed by atoms with Gasteiger partial charge in [0.15, 0.2) is 0 Å². The molecule has 0 unspecified atom stereocenters. The first-order chi connectivity index (χ1) is 11.7. The van der Waals surface area contributed by atoms with Gasteiger partial charge in [0.1, 0.15) is 6.54 Å². The third kappa shape index (κ3) is 3.65. The lowest BCUT2D eigenvalue weighted by atomic mass is 10.0. The molecule has 1 aliphatic rings. The Bertz CT molecular complexity index is 808. The van der Waals surface area contributed by atoms with Gasteiger partial charge in [-0.2, -0.15) is 18.3 Å². The van der Waals surface area contributed by atoms with E-state index < -0.39 is 29.2 Å². The van der Waals surface area contributed by atoms with Crippen LogP contribution in [-0.4, -0.2) is 26.8 Å². The van der Waals surface area contributed by atoms with Crippen molar-refractivity contribution in [2.75, 3.05) is 0 Å². The van der Waals surface area contributed by atoms with Crippen molar-refractivity contribution in [2.45, 2.75) is 31.1 Å². The summed E-state index contributed by atoms with van der Waals surface area (Å²) >= 11 is 0. The predicted molar refractivity (Wildman–Crippen MR) is 79.7 cm³/mol. The lowest BCUT2D eigenvalue weighted by Crippen LogP contribution is -2.37. The fraction of sp³-hybridized carbons (Fsp3) is 0.312. The van der Waals surface area contributed by atoms with Gasteiger partial charge < -0.3 is 10.4 Å². The first-order valence-electron chi connectivity index (χ1n) is 7.44. The maximum Gasteiger partial charge on any atom is 0.416 e. The lowest BCUT2D eigenvalue weighted by Gasteiger charge is -2.19. The maximum absolute atomic E-state index is 12.6. The van der Waals surface area contributed by atoms with Crippen molar-refractivity contribution in [1.82, 2.24) is 15.1 Å². The highest BCUT2D eigenvalue weighted by Crippen LogP contribution is 2.46. The van der Waals surface area contributed by atoms with E-state index in [2.05, 4.69) is 10.4 Å². The maximum atomic E-state index is 12.6. The number of halogens is 3. The molecule has 132 valence electrons. The molecule has 25 heavy (non-hydrogen) atoms. The number of aromatic carboxylic acids is 1. The Morgan fingerprint density at radius 3 is 2.36 bits per heavy atom. The summed E-state index contributed by atoms with van der Waals surface area (Å²) in [4.78, 5) is 22.9. The monoisotopic (exact) mass is 353 g/mol. The summed E-state index contributed by atoms with van der Waals surface area (Å²) in [6, 6.07) is 4.72. The molecule has 3 rings (SSSR count). The van der Waals surface area contributed by atoms with E-state index in [0.717, 1.165) is 18.3 Å². The molecular formula is C16H14F3N3O3. The molecule has 0 bridgehead atoms. The number of nitrogens with one attached hydrogen (secondary N) is 1. The Balaban J connectivity index is 1.67. The normalized spacial score (nSPS) is 15.6. The van der Waals surface area contributed by atoms with Gasteiger partial charge in [0.2, 0.25) is 5.91 Å². The van der Waals surface area contributed by atoms with Gasteiger partial charge >= 0.3 is 12.1 Å². The number of nitrogens with zero attached hydrogens (tertiary/aromatic N) is 2. The number of aromatic nitrogens is 2. The summed E-state index contributed by atoms with van der Waals surface area (Å²) in [6.45, 7) is -0.171. The predicted octanol–water partition coefficient (Wildman–Crippen LogP) is 2.41. The molecule has 1 heterocycles. The fourth-order valence-corrected chi connectivity index (χ4v) is 2.60. The molecular weight excluding hydrogens is 339 g/mol. The summed E-state index contributed by atoms with van der Waals surface area (Å²) in [6.07, 6.45) is -0.772. The van der Waals surface area contributed by atoms with Gasteiger partial charge in [-0.15, -0.1) is 0 Å². The minimum Gasteiger partial charge on any atom is -0.478 e.